The molecule has 0 aromatic carbocycles. The zero-order valence-corrected chi connectivity index (χ0v) is 10.6. The van der Waals surface area contributed by atoms with E-state index in [1.165, 1.54) is 12.3 Å². The molecule has 2 rings (SSSR count). The minimum Gasteiger partial charge on any atom is -0.478 e. The molecule has 1 aromatic rings. The molecular weight excluding hydrogens is 248 g/mol. The van der Waals surface area contributed by atoms with E-state index in [4.69, 9.17) is 15.3 Å². The number of furan rings is 1. The average molecular weight is 266 g/mol. The summed E-state index contributed by atoms with van der Waals surface area (Å²) >= 11 is 0. The molecule has 1 heterocycles. The van der Waals surface area contributed by atoms with Crippen molar-refractivity contribution in [3.05, 3.63) is 23.7 Å². The van der Waals surface area contributed by atoms with Crippen LogP contribution in [0.2, 0.25) is 0 Å². The largest absolute Gasteiger partial charge is 0.478 e. The number of rotatable bonds is 5. The van der Waals surface area contributed by atoms with Crippen LogP contribution in [0, 0.1) is 5.92 Å². The second-order valence-electron chi connectivity index (χ2n) is 4.89. The van der Waals surface area contributed by atoms with Crippen molar-refractivity contribution < 1.29 is 19.1 Å². The minimum absolute atomic E-state index is 0.0174. The highest BCUT2D eigenvalue weighted by Crippen LogP contribution is 2.24. The summed E-state index contributed by atoms with van der Waals surface area (Å²) in [6.45, 7) is 0.389. The van der Waals surface area contributed by atoms with E-state index in [1.807, 2.05) is 0 Å². The molecule has 1 aliphatic rings. The molecular formula is C13H18N2O4. The predicted molar refractivity (Wildman–Crippen MR) is 67.4 cm³/mol. The topological polar surface area (TPSA) is 106 Å². The first kappa shape index (κ1) is 13.6. The van der Waals surface area contributed by atoms with E-state index in [0.29, 0.717) is 12.3 Å². The molecule has 1 aromatic heterocycles. The molecule has 4 N–H and O–H groups in total. The van der Waals surface area contributed by atoms with Gasteiger partial charge in [0.15, 0.2) is 0 Å². The molecule has 6 nitrogen and oxygen atoms in total. The van der Waals surface area contributed by atoms with Crippen LogP contribution in [0.25, 0.3) is 0 Å². The summed E-state index contributed by atoms with van der Waals surface area (Å²) in [4.78, 5) is 22.0. The fourth-order valence-electron chi connectivity index (χ4n) is 2.49. The third-order valence-corrected chi connectivity index (χ3v) is 3.66. The normalized spacial score (nSPS) is 23.2. The van der Waals surface area contributed by atoms with Gasteiger partial charge in [0.05, 0.1) is 12.8 Å². The molecule has 1 aliphatic carbocycles. The molecule has 0 bridgehead atoms. The number of hydrogen-bond acceptors (Lipinski definition) is 4. The van der Waals surface area contributed by atoms with Crippen molar-refractivity contribution in [2.45, 2.75) is 38.3 Å². The van der Waals surface area contributed by atoms with Gasteiger partial charge in [-0.05, 0) is 31.7 Å². The van der Waals surface area contributed by atoms with Crippen LogP contribution in [0.4, 0.5) is 0 Å². The van der Waals surface area contributed by atoms with Gasteiger partial charge in [0.1, 0.15) is 11.3 Å². The lowest BCUT2D eigenvalue weighted by atomic mass is 9.85. The number of carbonyl (C=O) groups is 2. The van der Waals surface area contributed by atoms with Crippen molar-refractivity contribution >= 4 is 11.9 Å². The summed E-state index contributed by atoms with van der Waals surface area (Å²) in [7, 11) is 0. The van der Waals surface area contributed by atoms with Gasteiger partial charge in [-0.3, -0.25) is 4.79 Å². The molecule has 0 saturated heterocycles. The lowest BCUT2D eigenvalue weighted by molar-refractivity contribution is -0.122. The van der Waals surface area contributed by atoms with Crippen LogP contribution in [-0.2, 0) is 11.3 Å². The molecule has 1 fully saturated rings. The first-order chi connectivity index (χ1) is 9.08. The van der Waals surface area contributed by atoms with Crippen molar-refractivity contribution in [3.63, 3.8) is 0 Å². The number of hydrogen-bond donors (Lipinski definition) is 3. The third kappa shape index (κ3) is 3.35. The monoisotopic (exact) mass is 266 g/mol. The Hall–Kier alpha value is -1.82. The standard InChI is InChI=1S/C13H18N2O4/c14-12(16)8-1-3-9(4-2-8)15-7-11-10(13(17)18)5-6-19-11/h5-6,8-9,15H,1-4,7H2,(H2,14,16)(H,17,18). The first-order valence-electron chi connectivity index (χ1n) is 6.40. The fraction of sp³-hybridized carbons (Fsp3) is 0.538. The Labute approximate surface area is 111 Å². The van der Waals surface area contributed by atoms with Gasteiger partial charge >= 0.3 is 5.97 Å². The Balaban J connectivity index is 1.82. The number of carboxylic acid groups (broad SMARTS) is 1. The van der Waals surface area contributed by atoms with Crippen LogP contribution in [-0.4, -0.2) is 23.0 Å². The molecule has 1 amide bonds. The maximum Gasteiger partial charge on any atom is 0.339 e. The highest BCUT2D eigenvalue weighted by atomic mass is 16.4. The van der Waals surface area contributed by atoms with Gasteiger partial charge in [-0.15, -0.1) is 0 Å². The van der Waals surface area contributed by atoms with Gasteiger partial charge in [0, 0.05) is 12.0 Å². The number of nitrogens with two attached hydrogens (primary N) is 1. The molecule has 0 spiro atoms. The lowest BCUT2D eigenvalue weighted by Gasteiger charge is -2.27. The van der Waals surface area contributed by atoms with Crippen LogP contribution < -0.4 is 11.1 Å². The van der Waals surface area contributed by atoms with Gasteiger partial charge in [-0.2, -0.15) is 0 Å². The minimum atomic E-state index is -0.983. The van der Waals surface area contributed by atoms with Crippen LogP contribution in [0.5, 0.6) is 0 Å². The Kier molecular flexibility index (Phi) is 4.21. The maximum atomic E-state index is 11.0. The van der Waals surface area contributed by atoms with Gasteiger partial charge in [-0.1, -0.05) is 0 Å². The molecule has 104 valence electrons. The van der Waals surface area contributed by atoms with E-state index in [9.17, 15) is 9.59 Å². The zero-order chi connectivity index (χ0) is 13.8. The van der Waals surface area contributed by atoms with Gasteiger partial charge < -0.3 is 20.6 Å². The Bertz CT molecular complexity index is 461. The summed E-state index contributed by atoms with van der Waals surface area (Å²) in [6, 6.07) is 1.73. The Morgan fingerprint density at radius 2 is 2.05 bits per heavy atom. The smallest absolute Gasteiger partial charge is 0.339 e. The highest BCUT2D eigenvalue weighted by Gasteiger charge is 2.24. The van der Waals surface area contributed by atoms with Crippen LogP contribution >= 0.6 is 0 Å². The SMILES string of the molecule is NC(=O)C1CCC(NCc2occc2C(=O)O)CC1. The maximum absolute atomic E-state index is 11.0. The summed E-state index contributed by atoms with van der Waals surface area (Å²) in [5.41, 5.74) is 5.47. The van der Waals surface area contributed by atoms with Crippen molar-refractivity contribution in [3.8, 4) is 0 Å². The van der Waals surface area contributed by atoms with Crippen LogP contribution in [0.3, 0.4) is 0 Å². The van der Waals surface area contributed by atoms with Crippen molar-refractivity contribution in [1.82, 2.24) is 5.32 Å². The van der Waals surface area contributed by atoms with Crippen molar-refractivity contribution in [1.29, 1.82) is 0 Å². The summed E-state index contributed by atoms with van der Waals surface area (Å²) in [5.74, 6) is -0.790. The Morgan fingerprint density at radius 1 is 1.37 bits per heavy atom. The highest BCUT2D eigenvalue weighted by molar-refractivity contribution is 5.88. The van der Waals surface area contributed by atoms with E-state index in [-0.39, 0.29) is 23.4 Å². The molecule has 6 heteroatoms. The molecule has 0 unspecified atom stereocenters. The zero-order valence-electron chi connectivity index (χ0n) is 10.6. The van der Waals surface area contributed by atoms with E-state index >= 15 is 0 Å². The second-order valence-corrected chi connectivity index (χ2v) is 4.89. The summed E-state index contributed by atoms with van der Waals surface area (Å²) < 4.78 is 5.16. The van der Waals surface area contributed by atoms with Crippen molar-refractivity contribution in [2.24, 2.45) is 11.7 Å². The van der Waals surface area contributed by atoms with E-state index in [1.54, 1.807) is 0 Å². The molecule has 1 saturated carbocycles. The average Bonchev–Trinajstić information content (AvgIpc) is 2.85. The van der Waals surface area contributed by atoms with E-state index < -0.39 is 5.97 Å². The van der Waals surface area contributed by atoms with Gasteiger partial charge in [-0.25, -0.2) is 4.79 Å². The quantitative estimate of drug-likeness (QED) is 0.740. The molecule has 19 heavy (non-hydrogen) atoms. The van der Waals surface area contributed by atoms with Crippen molar-refractivity contribution in [2.75, 3.05) is 0 Å². The second kappa shape index (κ2) is 5.88. The van der Waals surface area contributed by atoms with E-state index in [0.717, 1.165) is 25.7 Å². The van der Waals surface area contributed by atoms with Crippen LogP contribution in [0.15, 0.2) is 16.7 Å². The number of amides is 1. The fourth-order valence-corrected chi connectivity index (χ4v) is 2.49. The Morgan fingerprint density at radius 3 is 2.63 bits per heavy atom. The first-order valence-corrected chi connectivity index (χ1v) is 6.40. The predicted octanol–water partition coefficient (Wildman–Crippen LogP) is 1.11. The van der Waals surface area contributed by atoms with E-state index in [2.05, 4.69) is 5.32 Å². The van der Waals surface area contributed by atoms with Crippen LogP contribution in [0.1, 0.15) is 41.8 Å². The van der Waals surface area contributed by atoms with Gasteiger partial charge in [0.2, 0.25) is 5.91 Å². The summed E-state index contributed by atoms with van der Waals surface area (Å²) in [6.07, 6.45) is 4.70. The third-order valence-electron chi connectivity index (χ3n) is 3.66. The lowest BCUT2D eigenvalue weighted by Crippen LogP contribution is -2.36. The van der Waals surface area contributed by atoms with Gasteiger partial charge in [0.25, 0.3) is 0 Å². The molecule has 0 atom stereocenters. The number of carboxylic acids is 1. The molecule has 0 radical (unpaired) electrons. The number of primary amides is 1. The number of carbonyl (C=O) groups excluding carboxylic acids is 1. The number of nitrogens with one attached hydrogen (secondary N) is 1. The molecule has 0 aliphatic heterocycles. The number of aromatic carboxylic acids is 1. The summed E-state index contributed by atoms with van der Waals surface area (Å²) in [5, 5.41) is 12.2.